The highest BCUT2D eigenvalue weighted by Crippen LogP contribution is 2.10. The van der Waals surface area contributed by atoms with Crippen molar-refractivity contribution in [3.63, 3.8) is 0 Å². The van der Waals surface area contributed by atoms with Gasteiger partial charge in [0.25, 0.3) is 5.91 Å². The smallest absolute Gasteiger partial charge is 0.269 e. The van der Waals surface area contributed by atoms with Gasteiger partial charge in [0, 0.05) is 19.2 Å². The molecular formula is C11H15N3O3S. The molecule has 0 fully saturated rings. The van der Waals surface area contributed by atoms with Gasteiger partial charge in [0.05, 0.1) is 6.61 Å². The van der Waals surface area contributed by atoms with E-state index in [1.54, 1.807) is 19.2 Å². The number of phenolic OH excluding ortho intramolecular Hbond substituents is 1. The van der Waals surface area contributed by atoms with E-state index in [0.717, 1.165) is 0 Å². The van der Waals surface area contributed by atoms with E-state index in [1.807, 2.05) is 0 Å². The number of carbonyl (C=O) groups is 1. The Kier molecular flexibility index (Phi) is 5.89. The molecule has 0 aliphatic heterocycles. The topological polar surface area (TPSA) is 82.6 Å². The molecule has 1 amide bonds. The van der Waals surface area contributed by atoms with Gasteiger partial charge in [-0.25, -0.2) is 0 Å². The number of hydrogen-bond acceptors (Lipinski definition) is 4. The highest BCUT2D eigenvalue weighted by atomic mass is 32.1. The normalized spacial score (nSPS) is 9.61. The number of benzene rings is 1. The van der Waals surface area contributed by atoms with Gasteiger partial charge in [0.2, 0.25) is 0 Å². The van der Waals surface area contributed by atoms with E-state index in [9.17, 15) is 9.90 Å². The first-order valence-corrected chi connectivity index (χ1v) is 5.66. The molecule has 0 radical (unpaired) electrons. The summed E-state index contributed by atoms with van der Waals surface area (Å²) in [4.78, 5) is 11.6. The fourth-order valence-electron chi connectivity index (χ4n) is 1.14. The summed E-state index contributed by atoms with van der Waals surface area (Å²) in [5.41, 5.74) is 5.29. The molecule has 0 saturated heterocycles. The van der Waals surface area contributed by atoms with Crippen LogP contribution in [0.5, 0.6) is 5.75 Å². The molecule has 0 aromatic heterocycles. The largest absolute Gasteiger partial charge is 0.508 e. The van der Waals surface area contributed by atoms with Crippen LogP contribution in [0.4, 0.5) is 0 Å². The highest BCUT2D eigenvalue weighted by Gasteiger charge is 2.05. The number of ether oxygens (including phenoxy) is 1. The molecule has 0 saturated carbocycles. The number of hydrogen-bond donors (Lipinski definition) is 4. The van der Waals surface area contributed by atoms with E-state index in [2.05, 4.69) is 16.2 Å². The molecule has 1 aromatic carbocycles. The summed E-state index contributed by atoms with van der Waals surface area (Å²) in [6.45, 7) is 1.06. The van der Waals surface area contributed by atoms with Crippen LogP contribution in [0, 0.1) is 0 Å². The lowest BCUT2D eigenvalue weighted by Crippen LogP contribution is -2.47. The van der Waals surface area contributed by atoms with Crippen molar-refractivity contribution in [3.05, 3.63) is 29.8 Å². The molecule has 0 aliphatic carbocycles. The van der Waals surface area contributed by atoms with Gasteiger partial charge >= 0.3 is 0 Å². The number of nitrogens with one attached hydrogen (secondary N) is 3. The second-order valence-corrected chi connectivity index (χ2v) is 3.79. The molecule has 1 rings (SSSR count). The van der Waals surface area contributed by atoms with Crippen LogP contribution in [0.3, 0.4) is 0 Å². The summed E-state index contributed by atoms with van der Waals surface area (Å²) in [6, 6.07) is 6.01. The van der Waals surface area contributed by atoms with Crippen molar-refractivity contribution in [2.75, 3.05) is 20.3 Å². The van der Waals surface area contributed by atoms with E-state index in [-0.39, 0.29) is 11.7 Å². The van der Waals surface area contributed by atoms with Gasteiger partial charge in [-0.1, -0.05) is 6.07 Å². The Labute approximate surface area is 110 Å². The number of hydrazine groups is 1. The second kappa shape index (κ2) is 7.46. The van der Waals surface area contributed by atoms with Crippen molar-refractivity contribution in [1.29, 1.82) is 0 Å². The van der Waals surface area contributed by atoms with Gasteiger partial charge in [-0.2, -0.15) is 0 Å². The van der Waals surface area contributed by atoms with Crippen LogP contribution in [-0.2, 0) is 4.74 Å². The van der Waals surface area contributed by atoms with Crippen molar-refractivity contribution in [1.82, 2.24) is 16.2 Å². The molecule has 0 bridgehead atoms. The van der Waals surface area contributed by atoms with Gasteiger partial charge in [-0.05, 0) is 30.4 Å². The zero-order chi connectivity index (χ0) is 13.4. The zero-order valence-electron chi connectivity index (χ0n) is 9.90. The van der Waals surface area contributed by atoms with Crippen molar-refractivity contribution < 1.29 is 14.6 Å². The van der Waals surface area contributed by atoms with Crippen molar-refractivity contribution in [2.45, 2.75) is 0 Å². The Morgan fingerprint density at radius 2 is 2.22 bits per heavy atom. The van der Waals surface area contributed by atoms with Crippen LogP contribution in [0.15, 0.2) is 24.3 Å². The van der Waals surface area contributed by atoms with Crippen LogP contribution in [0.2, 0.25) is 0 Å². The first-order chi connectivity index (χ1) is 8.63. The monoisotopic (exact) mass is 269 g/mol. The Morgan fingerprint density at radius 1 is 1.44 bits per heavy atom. The average molecular weight is 269 g/mol. The molecular weight excluding hydrogens is 254 g/mol. The van der Waals surface area contributed by atoms with Gasteiger partial charge in [0.1, 0.15) is 5.75 Å². The summed E-state index contributed by atoms with van der Waals surface area (Å²) in [5.74, 6) is -0.356. The molecule has 4 N–H and O–H groups in total. The number of carbonyl (C=O) groups excluding carboxylic acids is 1. The third-order valence-corrected chi connectivity index (χ3v) is 2.24. The van der Waals surface area contributed by atoms with E-state index in [1.165, 1.54) is 12.1 Å². The van der Waals surface area contributed by atoms with Crippen LogP contribution in [0.25, 0.3) is 0 Å². The summed E-state index contributed by atoms with van der Waals surface area (Å²) >= 11 is 4.92. The van der Waals surface area contributed by atoms with Crippen molar-refractivity contribution in [2.24, 2.45) is 0 Å². The molecule has 0 unspecified atom stereocenters. The Bertz CT molecular complexity index is 426. The highest BCUT2D eigenvalue weighted by molar-refractivity contribution is 7.80. The average Bonchev–Trinajstić information content (AvgIpc) is 2.36. The Morgan fingerprint density at radius 3 is 2.89 bits per heavy atom. The van der Waals surface area contributed by atoms with E-state index in [4.69, 9.17) is 17.0 Å². The van der Waals surface area contributed by atoms with Gasteiger partial charge in [0.15, 0.2) is 5.11 Å². The number of phenols is 1. The van der Waals surface area contributed by atoms with Crippen molar-refractivity contribution in [3.8, 4) is 5.75 Å². The fourth-order valence-corrected chi connectivity index (χ4v) is 1.30. The molecule has 0 atom stereocenters. The third-order valence-electron chi connectivity index (χ3n) is 1.99. The van der Waals surface area contributed by atoms with Gasteiger partial charge in [-0.3, -0.25) is 15.6 Å². The number of aromatic hydroxyl groups is 1. The minimum atomic E-state index is -0.387. The molecule has 0 spiro atoms. The number of rotatable bonds is 4. The number of amides is 1. The van der Waals surface area contributed by atoms with E-state index < -0.39 is 0 Å². The molecule has 18 heavy (non-hydrogen) atoms. The minimum Gasteiger partial charge on any atom is -0.508 e. The lowest BCUT2D eigenvalue weighted by molar-refractivity contribution is 0.0943. The summed E-state index contributed by atoms with van der Waals surface area (Å²) in [5, 5.41) is 12.4. The molecule has 1 aromatic rings. The maximum absolute atomic E-state index is 11.6. The number of thiocarbonyl (C=S) groups is 1. The molecule has 6 nitrogen and oxygen atoms in total. The predicted octanol–water partition coefficient (Wildman–Crippen LogP) is 0.148. The van der Waals surface area contributed by atoms with Gasteiger partial charge in [-0.15, -0.1) is 0 Å². The minimum absolute atomic E-state index is 0.0310. The van der Waals surface area contributed by atoms with Crippen LogP contribution in [-0.4, -0.2) is 36.4 Å². The third kappa shape index (κ3) is 4.98. The molecule has 7 heteroatoms. The maximum Gasteiger partial charge on any atom is 0.269 e. The lowest BCUT2D eigenvalue weighted by Gasteiger charge is -2.11. The maximum atomic E-state index is 11.6. The van der Waals surface area contributed by atoms with Crippen LogP contribution in [0.1, 0.15) is 10.4 Å². The summed E-state index contributed by atoms with van der Waals surface area (Å²) < 4.78 is 4.84. The summed E-state index contributed by atoms with van der Waals surface area (Å²) in [6.07, 6.45) is 0. The molecule has 98 valence electrons. The first kappa shape index (κ1) is 14.2. The number of methoxy groups -OCH3 is 1. The SMILES string of the molecule is COCCNC(=S)NNC(=O)c1cccc(O)c1. The standard InChI is InChI=1S/C11H15N3O3S/c1-17-6-5-12-11(18)14-13-10(16)8-3-2-4-9(15)7-8/h2-4,7,15H,5-6H2,1H3,(H,13,16)(H2,12,14,18). The first-order valence-electron chi connectivity index (χ1n) is 5.25. The molecule has 0 aliphatic rings. The lowest BCUT2D eigenvalue weighted by atomic mass is 10.2. The Balaban J connectivity index is 2.35. The van der Waals surface area contributed by atoms with E-state index in [0.29, 0.717) is 23.8 Å². The van der Waals surface area contributed by atoms with Crippen LogP contribution >= 0.6 is 12.2 Å². The quantitative estimate of drug-likeness (QED) is 0.354. The van der Waals surface area contributed by atoms with E-state index >= 15 is 0 Å². The van der Waals surface area contributed by atoms with Crippen molar-refractivity contribution >= 4 is 23.2 Å². The van der Waals surface area contributed by atoms with Crippen LogP contribution < -0.4 is 16.2 Å². The van der Waals surface area contributed by atoms with Gasteiger partial charge < -0.3 is 15.2 Å². The predicted molar refractivity (Wildman–Crippen MR) is 71.2 cm³/mol. The molecule has 0 heterocycles. The second-order valence-electron chi connectivity index (χ2n) is 3.38. The fraction of sp³-hybridized carbons (Fsp3) is 0.273. The Hall–Kier alpha value is -1.86. The zero-order valence-corrected chi connectivity index (χ0v) is 10.7. The summed E-state index contributed by atoms with van der Waals surface area (Å²) in [7, 11) is 1.59.